The van der Waals surface area contributed by atoms with Crippen molar-refractivity contribution in [1.29, 1.82) is 0 Å². The van der Waals surface area contributed by atoms with Crippen LogP contribution in [0.3, 0.4) is 0 Å². The monoisotopic (exact) mass is 170 g/mol. The Morgan fingerprint density at radius 3 is 3.25 bits per heavy atom. The maximum Gasteiger partial charge on any atom is 0.184 e. The average molecular weight is 170 g/mol. The van der Waals surface area contributed by atoms with Gasteiger partial charge in [-0.2, -0.15) is 0 Å². The molecule has 0 saturated carbocycles. The van der Waals surface area contributed by atoms with E-state index in [4.69, 9.17) is 14.2 Å². The maximum atomic E-state index is 5.53. The molecular weight excluding hydrogens is 156 g/mol. The first-order chi connectivity index (χ1) is 5.90. The van der Waals surface area contributed by atoms with Crippen molar-refractivity contribution in [3.05, 3.63) is 12.7 Å². The Morgan fingerprint density at radius 1 is 1.50 bits per heavy atom. The summed E-state index contributed by atoms with van der Waals surface area (Å²) >= 11 is 0. The number of ether oxygens (including phenoxy) is 3. The number of hydrogen-bond acceptors (Lipinski definition) is 3. The lowest BCUT2D eigenvalue weighted by Crippen LogP contribution is -2.34. The predicted octanol–water partition coefficient (Wildman–Crippen LogP) is 1.09. The Hall–Kier alpha value is -0.380. The van der Waals surface area contributed by atoms with E-state index in [1.807, 2.05) is 0 Å². The minimum atomic E-state index is -0.122. The minimum Gasteiger partial charge on any atom is -0.369 e. The summed E-state index contributed by atoms with van der Waals surface area (Å²) in [4.78, 5) is 0. The maximum absolute atomic E-state index is 5.53. The van der Waals surface area contributed by atoms with Gasteiger partial charge < -0.3 is 14.2 Å². The van der Waals surface area contributed by atoms with Gasteiger partial charge in [-0.05, 0) is 12.8 Å². The lowest BCUT2D eigenvalue weighted by Gasteiger charge is -2.26. The van der Waals surface area contributed by atoms with E-state index in [0.717, 1.165) is 19.4 Å². The van der Waals surface area contributed by atoms with E-state index in [-0.39, 0.29) is 12.4 Å². The van der Waals surface area contributed by atoms with E-state index in [0.29, 0.717) is 12.7 Å². The zero-order valence-corrected chi connectivity index (χ0v) is 7.07. The fourth-order valence-corrected chi connectivity index (χ4v) is 1.66. The van der Waals surface area contributed by atoms with Gasteiger partial charge >= 0.3 is 0 Å². The van der Waals surface area contributed by atoms with Gasteiger partial charge in [-0.15, -0.1) is 6.58 Å². The third kappa shape index (κ3) is 1.53. The van der Waals surface area contributed by atoms with Crippen molar-refractivity contribution in [1.82, 2.24) is 0 Å². The van der Waals surface area contributed by atoms with Gasteiger partial charge in [0.05, 0.1) is 19.3 Å². The van der Waals surface area contributed by atoms with Crippen molar-refractivity contribution in [3.63, 3.8) is 0 Å². The van der Waals surface area contributed by atoms with Crippen LogP contribution in [0, 0.1) is 0 Å². The lowest BCUT2D eigenvalue weighted by molar-refractivity contribution is -0.169. The van der Waals surface area contributed by atoms with E-state index >= 15 is 0 Å². The molecule has 0 aliphatic carbocycles. The Morgan fingerprint density at radius 2 is 2.42 bits per heavy atom. The number of fused-ring (bicyclic) bond motifs is 2. The summed E-state index contributed by atoms with van der Waals surface area (Å²) in [6.07, 6.45) is 4.16. The highest BCUT2D eigenvalue weighted by Crippen LogP contribution is 2.28. The first kappa shape index (κ1) is 8.23. The molecule has 3 unspecified atom stereocenters. The SMILES string of the molecule is C=CCOC1CCC2COC1O2. The highest BCUT2D eigenvalue weighted by molar-refractivity contribution is 4.80. The van der Waals surface area contributed by atoms with Gasteiger partial charge in [0.25, 0.3) is 0 Å². The molecule has 2 fully saturated rings. The Kier molecular flexibility index (Phi) is 2.44. The molecule has 0 spiro atoms. The molecule has 2 aliphatic rings. The molecule has 2 rings (SSSR count). The van der Waals surface area contributed by atoms with Crippen LogP contribution in [-0.2, 0) is 14.2 Å². The topological polar surface area (TPSA) is 27.7 Å². The van der Waals surface area contributed by atoms with E-state index in [1.165, 1.54) is 0 Å². The van der Waals surface area contributed by atoms with Gasteiger partial charge in [-0.25, -0.2) is 0 Å². The zero-order chi connectivity index (χ0) is 8.39. The standard InChI is InChI=1S/C9H14O3/c1-2-5-10-8-4-3-7-6-11-9(8)12-7/h2,7-9H,1,3-6H2. The van der Waals surface area contributed by atoms with Crippen LogP contribution in [0.5, 0.6) is 0 Å². The van der Waals surface area contributed by atoms with E-state index in [2.05, 4.69) is 6.58 Å². The van der Waals surface area contributed by atoms with Crippen molar-refractivity contribution in [2.24, 2.45) is 0 Å². The second-order valence-corrected chi connectivity index (χ2v) is 3.20. The molecule has 0 aromatic carbocycles. The van der Waals surface area contributed by atoms with E-state index in [9.17, 15) is 0 Å². The molecule has 68 valence electrons. The normalized spacial score (nSPS) is 39.8. The lowest BCUT2D eigenvalue weighted by atomic mass is 10.1. The number of rotatable bonds is 3. The smallest absolute Gasteiger partial charge is 0.184 e. The van der Waals surface area contributed by atoms with Crippen LogP contribution >= 0.6 is 0 Å². The summed E-state index contributed by atoms with van der Waals surface area (Å²) in [7, 11) is 0. The van der Waals surface area contributed by atoms with Crippen LogP contribution in [0.15, 0.2) is 12.7 Å². The van der Waals surface area contributed by atoms with Crippen molar-refractivity contribution < 1.29 is 14.2 Å². The first-order valence-corrected chi connectivity index (χ1v) is 4.39. The molecule has 2 heterocycles. The van der Waals surface area contributed by atoms with Crippen LogP contribution in [0.1, 0.15) is 12.8 Å². The molecule has 3 heteroatoms. The van der Waals surface area contributed by atoms with Crippen molar-refractivity contribution in [2.45, 2.75) is 31.3 Å². The van der Waals surface area contributed by atoms with Crippen LogP contribution in [-0.4, -0.2) is 31.7 Å². The summed E-state index contributed by atoms with van der Waals surface area (Å²) in [6.45, 7) is 4.92. The Bertz CT molecular complexity index is 169. The molecule has 2 aliphatic heterocycles. The molecular formula is C9H14O3. The van der Waals surface area contributed by atoms with Gasteiger partial charge in [0.2, 0.25) is 0 Å². The summed E-state index contributed by atoms with van der Waals surface area (Å²) in [6, 6.07) is 0. The summed E-state index contributed by atoms with van der Waals surface area (Å²) in [5.74, 6) is 0. The third-order valence-electron chi connectivity index (χ3n) is 2.28. The zero-order valence-electron chi connectivity index (χ0n) is 7.07. The fourth-order valence-electron chi connectivity index (χ4n) is 1.66. The molecule has 12 heavy (non-hydrogen) atoms. The highest BCUT2D eigenvalue weighted by Gasteiger charge is 2.38. The van der Waals surface area contributed by atoms with Gasteiger partial charge in [0.1, 0.15) is 6.10 Å². The molecule has 0 N–H and O–H groups in total. The molecule has 2 bridgehead atoms. The molecule has 0 aromatic heterocycles. The molecule has 3 atom stereocenters. The molecule has 3 nitrogen and oxygen atoms in total. The molecule has 0 amide bonds. The molecule has 0 radical (unpaired) electrons. The van der Waals surface area contributed by atoms with Gasteiger partial charge in [-0.3, -0.25) is 0 Å². The van der Waals surface area contributed by atoms with Crippen molar-refractivity contribution >= 4 is 0 Å². The van der Waals surface area contributed by atoms with Gasteiger partial charge in [-0.1, -0.05) is 6.08 Å². The van der Waals surface area contributed by atoms with Crippen molar-refractivity contribution in [3.8, 4) is 0 Å². The predicted molar refractivity (Wildman–Crippen MR) is 43.8 cm³/mol. The van der Waals surface area contributed by atoms with Crippen LogP contribution < -0.4 is 0 Å². The third-order valence-corrected chi connectivity index (χ3v) is 2.28. The molecule has 0 aromatic rings. The first-order valence-electron chi connectivity index (χ1n) is 4.39. The Labute approximate surface area is 72.3 Å². The van der Waals surface area contributed by atoms with E-state index in [1.54, 1.807) is 6.08 Å². The van der Waals surface area contributed by atoms with Crippen molar-refractivity contribution in [2.75, 3.05) is 13.2 Å². The van der Waals surface area contributed by atoms with Crippen LogP contribution in [0.25, 0.3) is 0 Å². The highest BCUT2D eigenvalue weighted by atomic mass is 16.7. The van der Waals surface area contributed by atoms with E-state index < -0.39 is 0 Å². The second-order valence-electron chi connectivity index (χ2n) is 3.20. The second kappa shape index (κ2) is 3.56. The summed E-state index contributed by atoms with van der Waals surface area (Å²) < 4.78 is 16.4. The largest absolute Gasteiger partial charge is 0.369 e. The van der Waals surface area contributed by atoms with Crippen LogP contribution in [0.4, 0.5) is 0 Å². The van der Waals surface area contributed by atoms with Gasteiger partial charge in [0.15, 0.2) is 6.29 Å². The number of hydrogen-bond donors (Lipinski definition) is 0. The summed E-state index contributed by atoms with van der Waals surface area (Å²) in [5.41, 5.74) is 0. The van der Waals surface area contributed by atoms with Crippen LogP contribution in [0.2, 0.25) is 0 Å². The average Bonchev–Trinajstić information content (AvgIpc) is 2.48. The summed E-state index contributed by atoms with van der Waals surface area (Å²) in [5, 5.41) is 0. The van der Waals surface area contributed by atoms with Gasteiger partial charge in [0, 0.05) is 0 Å². The minimum absolute atomic E-state index is 0.113. The molecule has 2 saturated heterocycles. The fraction of sp³-hybridized carbons (Fsp3) is 0.778. The quantitative estimate of drug-likeness (QED) is 0.593. The Balaban J connectivity index is 1.85.